The highest BCUT2D eigenvalue weighted by Gasteiger charge is 2.23. The number of likely N-dealkylation sites (tertiary alicyclic amines) is 1. The van der Waals surface area contributed by atoms with E-state index in [0.717, 1.165) is 24.4 Å². The summed E-state index contributed by atoms with van der Waals surface area (Å²) in [6.07, 6.45) is 3.09. The highest BCUT2D eigenvalue weighted by molar-refractivity contribution is 7.98. The fraction of sp³-hybridized carbons (Fsp3) is 0.364. The average Bonchev–Trinajstić information content (AvgIpc) is 2.15. The minimum absolute atomic E-state index is 0.0575. The Morgan fingerprint density at radius 2 is 2.20 bits per heavy atom. The molecule has 0 spiro atoms. The molecule has 0 unspecified atom stereocenters. The Balaban J connectivity index is 2.28. The summed E-state index contributed by atoms with van der Waals surface area (Å²) in [5.74, 6) is 0.0575. The summed E-state index contributed by atoms with van der Waals surface area (Å²) in [5.41, 5.74) is 0.628. The Morgan fingerprint density at radius 1 is 1.47 bits per heavy atom. The number of benzene rings is 1. The third-order valence-corrected chi connectivity index (χ3v) is 3.60. The van der Waals surface area contributed by atoms with E-state index in [-0.39, 0.29) is 5.91 Å². The predicted molar refractivity (Wildman–Crippen MR) is 63.8 cm³/mol. The van der Waals surface area contributed by atoms with Crippen molar-refractivity contribution in [2.45, 2.75) is 11.3 Å². The summed E-state index contributed by atoms with van der Waals surface area (Å²) in [6, 6.07) is 5.59. The van der Waals surface area contributed by atoms with Gasteiger partial charge < -0.3 is 4.90 Å². The van der Waals surface area contributed by atoms with Gasteiger partial charge >= 0.3 is 0 Å². The molecule has 2 rings (SSSR count). The molecule has 1 amide bonds. The molecule has 1 aliphatic heterocycles. The maximum Gasteiger partial charge on any atom is 0.255 e. The number of halogens is 1. The van der Waals surface area contributed by atoms with Gasteiger partial charge in [0.25, 0.3) is 5.91 Å². The van der Waals surface area contributed by atoms with E-state index in [1.165, 1.54) is 0 Å². The summed E-state index contributed by atoms with van der Waals surface area (Å²) < 4.78 is 0. The van der Waals surface area contributed by atoms with Gasteiger partial charge in [-0.1, -0.05) is 11.6 Å². The number of carbonyl (C=O) groups is 1. The van der Waals surface area contributed by atoms with E-state index in [9.17, 15) is 4.79 Å². The van der Waals surface area contributed by atoms with E-state index in [1.807, 2.05) is 23.3 Å². The Morgan fingerprint density at radius 3 is 2.73 bits per heavy atom. The first-order valence-electron chi connectivity index (χ1n) is 4.85. The second kappa shape index (κ2) is 4.45. The lowest BCUT2D eigenvalue weighted by molar-refractivity contribution is 0.0652. The van der Waals surface area contributed by atoms with Crippen LogP contribution in [0.3, 0.4) is 0 Å². The largest absolute Gasteiger partial charge is 0.338 e. The third-order valence-electron chi connectivity index (χ3n) is 2.55. The van der Waals surface area contributed by atoms with Gasteiger partial charge in [0.05, 0.1) is 10.6 Å². The molecular formula is C11H12ClNOS. The molecule has 0 aliphatic carbocycles. The fourth-order valence-corrected chi connectivity index (χ4v) is 2.12. The molecule has 0 bridgehead atoms. The molecule has 1 aliphatic rings. The zero-order chi connectivity index (χ0) is 10.8. The molecular weight excluding hydrogens is 230 g/mol. The third kappa shape index (κ3) is 2.13. The van der Waals surface area contributed by atoms with E-state index in [4.69, 9.17) is 11.6 Å². The minimum atomic E-state index is 0.0575. The molecule has 15 heavy (non-hydrogen) atoms. The van der Waals surface area contributed by atoms with Gasteiger partial charge in [-0.25, -0.2) is 0 Å². The summed E-state index contributed by atoms with van der Waals surface area (Å²) >= 11 is 7.63. The Hall–Kier alpha value is -0.670. The van der Waals surface area contributed by atoms with Gasteiger partial charge in [0.1, 0.15) is 0 Å². The van der Waals surface area contributed by atoms with E-state index in [2.05, 4.69) is 0 Å². The molecule has 1 aromatic rings. The van der Waals surface area contributed by atoms with Crippen molar-refractivity contribution >= 4 is 29.3 Å². The molecule has 2 nitrogen and oxygen atoms in total. The maximum atomic E-state index is 11.9. The number of carbonyl (C=O) groups excluding carboxylic acids is 1. The number of hydrogen-bond acceptors (Lipinski definition) is 2. The number of rotatable bonds is 2. The molecule has 1 heterocycles. The van der Waals surface area contributed by atoms with Gasteiger partial charge in [-0.05, 0) is 30.9 Å². The monoisotopic (exact) mass is 241 g/mol. The summed E-state index contributed by atoms with van der Waals surface area (Å²) in [4.78, 5) is 14.8. The standard InChI is InChI=1S/C11H12ClNOS/c1-15-8-3-4-10(12)9(7-8)11(14)13-5-2-6-13/h3-4,7H,2,5-6H2,1H3. The average molecular weight is 242 g/mol. The number of hydrogen-bond donors (Lipinski definition) is 0. The molecule has 0 aromatic heterocycles. The molecule has 0 atom stereocenters. The topological polar surface area (TPSA) is 20.3 Å². The van der Waals surface area contributed by atoms with Crippen LogP contribution in [0.4, 0.5) is 0 Å². The van der Waals surface area contributed by atoms with Crippen molar-refractivity contribution in [2.75, 3.05) is 19.3 Å². The quantitative estimate of drug-likeness (QED) is 0.742. The lowest BCUT2D eigenvalue weighted by Crippen LogP contribution is -2.42. The maximum absolute atomic E-state index is 11.9. The summed E-state index contributed by atoms with van der Waals surface area (Å²) in [5, 5.41) is 0.546. The molecule has 1 fully saturated rings. The summed E-state index contributed by atoms with van der Waals surface area (Å²) in [7, 11) is 0. The van der Waals surface area contributed by atoms with Crippen molar-refractivity contribution in [2.24, 2.45) is 0 Å². The van der Waals surface area contributed by atoms with E-state index >= 15 is 0 Å². The fourth-order valence-electron chi connectivity index (χ4n) is 1.48. The van der Waals surface area contributed by atoms with E-state index in [0.29, 0.717) is 10.6 Å². The number of nitrogens with zero attached hydrogens (tertiary/aromatic N) is 1. The first-order valence-corrected chi connectivity index (χ1v) is 6.45. The van der Waals surface area contributed by atoms with Gasteiger partial charge in [-0.15, -0.1) is 11.8 Å². The van der Waals surface area contributed by atoms with E-state index < -0.39 is 0 Å². The van der Waals surface area contributed by atoms with Gasteiger partial charge in [-0.2, -0.15) is 0 Å². The van der Waals surface area contributed by atoms with Crippen LogP contribution in [0.2, 0.25) is 5.02 Å². The zero-order valence-electron chi connectivity index (χ0n) is 8.50. The second-order valence-corrected chi connectivity index (χ2v) is 4.78. The van der Waals surface area contributed by atoms with Crippen LogP contribution in [-0.4, -0.2) is 30.2 Å². The van der Waals surface area contributed by atoms with Crippen molar-refractivity contribution < 1.29 is 4.79 Å². The van der Waals surface area contributed by atoms with Gasteiger partial charge in [0, 0.05) is 18.0 Å². The number of thioether (sulfide) groups is 1. The first-order chi connectivity index (χ1) is 7.22. The molecule has 80 valence electrons. The SMILES string of the molecule is CSc1ccc(Cl)c(C(=O)N2CCC2)c1. The summed E-state index contributed by atoms with van der Waals surface area (Å²) in [6.45, 7) is 1.72. The molecule has 1 saturated heterocycles. The Kier molecular flexibility index (Phi) is 3.22. The smallest absolute Gasteiger partial charge is 0.255 e. The van der Waals surface area contributed by atoms with Crippen LogP contribution < -0.4 is 0 Å². The molecule has 1 aromatic carbocycles. The van der Waals surface area contributed by atoms with Crippen molar-refractivity contribution in [1.82, 2.24) is 4.90 Å². The second-order valence-electron chi connectivity index (χ2n) is 3.49. The van der Waals surface area contributed by atoms with Crippen LogP contribution in [0.25, 0.3) is 0 Å². The normalized spacial score (nSPS) is 14.9. The minimum Gasteiger partial charge on any atom is -0.338 e. The van der Waals surface area contributed by atoms with Gasteiger partial charge in [0.15, 0.2) is 0 Å². The highest BCUT2D eigenvalue weighted by atomic mass is 35.5. The van der Waals surface area contributed by atoms with Gasteiger partial charge in [0.2, 0.25) is 0 Å². The van der Waals surface area contributed by atoms with Crippen molar-refractivity contribution in [3.05, 3.63) is 28.8 Å². The first kappa shape index (κ1) is 10.8. The lowest BCUT2D eigenvalue weighted by Gasteiger charge is -2.31. The Labute approximate surface area is 98.6 Å². The molecule has 0 N–H and O–H groups in total. The Bertz CT molecular complexity index is 390. The number of amides is 1. The van der Waals surface area contributed by atoms with Crippen LogP contribution in [0.15, 0.2) is 23.1 Å². The van der Waals surface area contributed by atoms with Gasteiger partial charge in [-0.3, -0.25) is 4.79 Å². The van der Waals surface area contributed by atoms with Crippen LogP contribution in [-0.2, 0) is 0 Å². The van der Waals surface area contributed by atoms with Crippen molar-refractivity contribution in [3.63, 3.8) is 0 Å². The highest BCUT2D eigenvalue weighted by Crippen LogP contribution is 2.25. The van der Waals surface area contributed by atoms with Crippen molar-refractivity contribution in [3.8, 4) is 0 Å². The van der Waals surface area contributed by atoms with Crippen LogP contribution >= 0.6 is 23.4 Å². The van der Waals surface area contributed by atoms with E-state index in [1.54, 1.807) is 17.8 Å². The zero-order valence-corrected chi connectivity index (χ0v) is 10.1. The lowest BCUT2D eigenvalue weighted by atomic mass is 10.1. The predicted octanol–water partition coefficient (Wildman–Crippen LogP) is 2.91. The van der Waals surface area contributed by atoms with Crippen LogP contribution in [0, 0.1) is 0 Å². The molecule has 0 radical (unpaired) electrons. The van der Waals surface area contributed by atoms with Crippen LogP contribution in [0.1, 0.15) is 16.8 Å². The van der Waals surface area contributed by atoms with Crippen LogP contribution in [0.5, 0.6) is 0 Å². The van der Waals surface area contributed by atoms with Crippen molar-refractivity contribution in [1.29, 1.82) is 0 Å². The molecule has 4 heteroatoms. The molecule has 0 saturated carbocycles.